The molecule has 2 aromatic heterocycles. The molecule has 0 aromatic carbocycles. The van der Waals surface area contributed by atoms with E-state index in [0.29, 0.717) is 11.3 Å². The SMILES string of the molecule is C=NC(=O)Cc1cc(N)c(-n2c(C3CC3)ccc(NS(=O)(=O)CC3CCCCC3)c2=O)nc1C. The van der Waals surface area contributed by atoms with E-state index in [0.717, 1.165) is 50.6 Å². The minimum atomic E-state index is -3.68. The van der Waals surface area contributed by atoms with Crippen LogP contribution in [0.15, 0.2) is 28.0 Å². The number of rotatable bonds is 8. The summed E-state index contributed by atoms with van der Waals surface area (Å²) in [4.78, 5) is 33.2. The fraction of sp³-hybridized carbons (Fsp3) is 0.500. The molecule has 0 atom stereocenters. The Morgan fingerprint density at radius 1 is 1.24 bits per heavy atom. The first-order valence-electron chi connectivity index (χ1n) is 11.7. The van der Waals surface area contributed by atoms with Gasteiger partial charge in [-0.25, -0.2) is 18.4 Å². The fourth-order valence-corrected chi connectivity index (χ4v) is 6.18. The largest absolute Gasteiger partial charge is 0.396 e. The summed E-state index contributed by atoms with van der Waals surface area (Å²) >= 11 is 0. The lowest BCUT2D eigenvalue weighted by atomic mass is 9.91. The third kappa shape index (κ3) is 5.38. The van der Waals surface area contributed by atoms with E-state index in [1.54, 1.807) is 19.1 Å². The molecule has 4 rings (SSSR count). The Balaban J connectivity index is 1.71. The highest BCUT2D eigenvalue weighted by Crippen LogP contribution is 2.41. The number of aryl methyl sites for hydroxylation is 1. The van der Waals surface area contributed by atoms with Crippen LogP contribution in [-0.2, 0) is 21.2 Å². The number of amides is 1. The molecule has 9 nitrogen and oxygen atoms in total. The quantitative estimate of drug-likeness (QED) is 0.551. The van der Waals surface area contributed by atoms with Gasteiger partial charge < -0.3 is 5.73 Å². The number of nitrogens with two attached hydrogens (primary N) is 1. The van der Waals surface area contributed by atoms with Crippen LogP contribution in [0.5, 0.6) is 0 Å². The molecule has 34 heavy (non-hydrogen) atoms. The summed E-state index contributed by atoms with van der Waals surface area (Å²) in [6, 6.07) is 4.92. The zero-order valence-electron chi connectivity index (χ0n) is 19.4. The Bertz CT molecular complexity index is 1270. The number of sulfonamides is 1. The van der Waals surface area contributed by atoms with Crippen molar-refractivity contribution < 1.29 is 13.2 Å². The summed E-state index contributed by atoms with van der Waals surface area (Å²) in [5.74, 6) is 0.145. The number of hydrogen-bond acceptors (Lipinski definition) is 6. The highest BCUT2D eigenvalue weighted by molar-refractivity contribution is 7.92. The molecule has 10 heteroatoms. The second-order valence-corrected chi connectivity index (χ2v) is 11.1. The monoisotopic (exact) mass is 485 g/mol. The predicted octanol–water partition coefficient (Wildman–Crippen LogP) is 3.09. The van der Waals surface area contributed by atoms with Crippen LogP contribution in [0.1, 0.15) is 67.8 Å². The molecule has 2 aliphatic rings. The minimum Gasteiger partial charge on any atom is -0.396 e. The van der Waals surface area contributed by atoms with Crippen molar-refractivity contribution in [1.29, 1.82) is 0 Å². The zero-order chi connectivity index (χ0) is 24.5. The molecule has 0 aliphatic heterocycles. The van der Waals surface area contributed by atoms with Crippen molar-refractivity contribution in [3.05, 3.63) is 45.5 Å². The maximum atomic E-state index is 13.5. The molecular formula is C24H31N5O4S. The molecular weight excluding hydrogens is 454 g/mol. The highest BCUT2D eigenvalue weighted by Gasteiger charge is 2.30. The van der Waals surface area contributed by atoms with Gasteiger partial charge in [0, 0.05) is 11.4 Å². The summed E-state index contributed by atoms with van der Waals surface area (Å²) in [6.45, 7) is 4.98. The smallest absolute Gasteiger partial charge is 0.280 e. The van der Waals surface area contributed by atoms with Crippen molar-refractivity contribution in [2.24, 2.45) is 10.9 Å². The summed E-state index contributed by atoms with van der Waals surface area (Å²) in [5, 5.41) is 0. The van der Waals surface area contributed by atoms with Gasteiger partial charge in [-0.3, -0.25) is 18.9 Å². The zero-order valence-corrected chi connectivity index (χ0v) is 20.2. The van der Waals surface area contributed by atoms with E-state index < -0.39 is 21.5 Å². The van der Waals surface area contributed by atoms with E-state index in [1.165, 1.54) is 10.6 Å². The Kier molecular flexibility index (Phi) is 6.88. The lowest BCUT2D eigenvalue weighted by molar-refractivity contribution is -0.117. The van der Waals surface area contributed by atoms with Crippen LogP contribution in [-0.4, -0.2) is 36.3 Å². The topological polar surface area (TPSA) is 137 Å². The molecule has 0 unspecified atom stereocenters. The first kappa shape index (κ1) is 24.1. The Labute approximate surface area is 199 Å². The molecule has 2 heterocycles. The number of anilines is 2. The highest BCUT2D eigenvalue weighted by atomic mass is 32.2. The average Bonchev–Trinajstić information content (AvgIpc) is 3.63. The van der Waals surface area contributed by atoms with Crippen molar-refractivity contribution in [1.82, 2.24) is 9.55 Å². The van der Waals surface area contributed by atoms with Crippen LogP contribution in [0.4, 0.5) is 11.4 Å². The van der Waals surface area contributed by atoms with Gasteiger partial charge >= 0.3 is 0 Å². The van der Waals surface area contributed by atoms with Crippen LogP contribution in [0, 0.1) is 12.8 Å². The lowest BCUT2D eigenvalue weighted by Gasteiger charge is -2.22. The average molecular weight is 486 g/mol. The number of carbonyl (C=O) groups excluding carboxylic acids is 1. The third-order valence-corrected chi connectivity index (χ3v) is 8.05. The molecule has 0 saturated heterocycles. The Morgan fingerprint density at radius 2 is 1.94 bits per heavy atom. The van der Waals surface area contributed by atoms with Gasteiger partial charge in [0.25, 0.3) is 5.56 Å². The van der Waals surface area contributed by atoms with Crippen molar-refractivity contribution in [3.8, 4) is 5.82 Å². The number of nitrogens with one attached hydrogen (secondary N) is 1. The molecule has 2 aliphatic carbocycles. The maximum Gasteiger partial charge on any atom is 0.280 e. The van der Waals surface area contributed by atoms with Gasteiger partial charge in [0.15, 0.2) is 5.82 Å². The molecule has 0 spiro atoms. The second kappa shape index (κ2) is 9.69. The molecule has 2 fully saturated rings. The number of aromatic nitrogens is 2. The van der Waals surface area contributed by atoms with Gasteiger partial charge in [0.2, 0.25) is 15.9 Å². The van der Waals surface area contributed by atoms with E-state index in [9.17, 15) is 18.0 Å². The Hall–Kier alpha value is -3.01. The number of aliphatic imine (C=N–C) groups is 1. The number of hydrogen-bond donors (Lipinski definition) is 2. The number of nitrogen functional groups attached to an aromatic ring is 1. The van der Waals surface area contributed by atoms with Gasteiger partial charge in [-0.2, -0.15) is 0 Å². The first-order valence-corrected chi connectivity index (χ1v) is 13.4. The van der Waals surface area contributed by atoms with Crippen LogP contribution >= 0.6 is 0 Å². The van der Waals surface area contributed by atoms with Gasteiger partial charge in [-0.15, -0.1) is 0 Å². The maximum absolute atomic E-state index is 13.5. The summed E-state index contributed by atoms with van der Waals surface area (Å²) in [7, 11) is -3.68. The van der Waals surface area contributed by atoms with E-state index in [1.807, 2.05) is 0 Å². The molecule has 182 valence electrons. The van der Waals surface area contributed by atoms with Crippen LogP contribution in [0.2, 0.25) is 0 Å². The van der Waals surface area contributed by atoms with E-state index in [2.05, 4.69) is 21.4 Å². The van der Waals surface area contributed by atoms with Crippen molar-refractivity contribution in [3.63, 3.8) is 0 Å². The molecule has 1 amide bonds. The summed E-state index contributed by atoms with van der Waals surface area (Å²) in [5.41, 5.74) is 7.87. The van der Waals surface area contributed by atoms with E-state index in [-0.39, 0.29) is 41.2 Å². The van der Waals surface area contributed by atoms with Gasteiger partial charge in [0.1, 0.15) is 5.69 Å². The lowest BCUT2D eigenvalue weighted by Crippen LogP contribution is -2.31. The first-order chi connectivity index (χ1) is 16.2. The standard InChI is InChI=1S/C24H31N5O4S/c1-15-18(13-22(30)26-2)12-19(25)23(27-15)29-21(17-8-9-17)11-10-20(24(29)31)28-34(32,33)14-16-6-4-3-5-7-16/h10-12,16-17,28H,2-9,13-14,25H2,1H3. The minimum absolute atomic E-state index is 0.0103. The van der Waals surface area contributed by atoms with Gasteiger partial charge in [0.05, 0.1) is 17.9 Å². The van der Waals surface area contributed by atoms with Crippen molar-refractivity contribution >= 4 is 34.0 Å². The normalized spacial score (nSPS) is 16.9. The summed E-state index contributed by atoms with van der Waals surface area (Å²) < 4.78 is 29.6. The second-order valence-electron chi connectivity index (χ2n) is 9.35. The van der Waals surface area contributed by atoms with Crippen molar-refractivity contribution in [2.45, 2.75) is 64.2 Å². The van der Waals surface area contributed by atoms with Crippen molar-refractivity contribution in [2.75, 3.05) is 16.2 Å². The molecule has 2 saturated carbocycles. The van der Waals surface area contributed by atoms with Crippen LogP contribution in [0.25, 0.3) is 5.82 Å². The van der Waals surface area contributed by atoms with Gasteiger partial charge in [-0.1, -0.05) is 19.3 Å². The predicted molar refractivity (Wildman–Crippen MR) is 133 cm³/mol. The molecule has 0 radical (unpaired) electrons. The Morgan fingerprint density at radius 3 is 2.59 bits per heavy atom. The molecule has 0 bridgehead atoms. The summed E-state index contributed by atoms with van der Waals surface area (Å²) in [6.07, 6.45) is 6.88. The number of pyridine rings is 2. The number of nitrogens with zero attached hydrogens (tertiary/aromatic N) is 3. The van der Waals surface area contributed by atoms with E-state index in [4.69, 9.17) is 5.73 Å². The molecule has 2 aromatic rings. The van der Waals surface area contributed by atoms with Crippen LogP contribution < -0.4 is 16.0 Å². The third-order valence-electron chi connectivity index (χ3n) is 6.61. The molecule has 3 N–H and O–H groups in total. The van der Waals surface area contributed by atoms with Gasteiger partial charge in [-0.05, 0) is 74.9 Å². The van der Waals surface area contributed by atoms with Crippen LogP contribution in [0.3, 0.4) is 0 Å². The van der Waals surface area contributed by atoms with E-state index >= 15 is 0 Å². The fourth-order valence-electron chi connectivity index (χ4n) is 4.65. The number of carbonyl (C=O) groups is 1.